The highest BCUT2D eigenvalue weighted by atomic mass is 32.2. The summed E-state index contributed by atoms with van der Waals surface area (Å²) in [5.41, 5.74) is 6.83. The molecule has 7 nitrogen and oxygen atoms in total. The van der Waals surface area contributed by atoms with Gasteiger partial charge in [0, 0.05) is 12.1 Å². The Balaban J connectivity index is 1.96. The number of hydrogen-bond acceptors (Lipinski definition) is 5. The van der Waals surface area contributed by atoms with Gasteiger partial charge in [-0.15, -0.1) is 0 Å². The molecule has 0 aliphatic carbocycles. The number of benzene rings is 1. The lowest BCUT2D eigenvalue weighted by Gasteiger charge is -2.10. The van der Waals surface area contributed by atoms with Crippen molar-refractivity contribution < 1.29 is 18.4 Å². The van der Waals surface area contributed by atoms with Crippen LogP contribution in [0.25, 0.3) is 0 Å². The standard InChI is InChI=1S/C13H17N3O4S/c14-12(16-18)10-3-1-2-9(6-10)7-15-13(17)11-4-5-21(19,20)8-11/h1-3,6,11,18H,4-5,7-8H2,(H2,14,16)(H,15,17). The van der Waals surface area contributed by atoms with Gasteiger partial charge in [0.25, 0.3) is 0 Å². The van der Waals surface area contributed by atoms with E-state index in [4.69, 9.17) is 10.9 Å². The van der Waals surface area contributed by atoms with E-state index in [1.807, 2.05) is 0 Å². The van der Waals surface area contributed by atoms with Crippen LogP contribution in [0.1, 0.15) is 17.5 Å². The minimum Gasteiger partial charge on any atom is -0.409 e. The first-order valence-corrected chi connectivity index (χ1v) is 8.28. The van der Waals surface area contributed by atoms with Gasteiger partial charge in [0.2, 0.25) is 5.91 Å². The molecule has 1 aromatic carbocycles. The van der Waals surface area contributed by atoms with Crippen LogP contribution < -0.4 is 11.1 Å². The summed E-state index contributed by atoms with van der Waals surface area (Å²) < 4.78 is 22.7. The molecule has 0 aromatic heterocycles. The molecule has 1 unspecified atom stereocenters. The number of rotatable bonds is 4. The number of hydrogen-bond donors (Lipinski definition) is 3. The van der Waals surface area contributed by atoms with Crippen LogP contribution in [-0.2, 0) is 21.2 Å². The quantitative estimate of drug-likeness (QED) is 0.308. The Hall–Kier alpha value is -2.09. The van der Waals surface area contributed by atoms with Crippen LogP contribution in [0.5, 0.6) is 0 Å². The number of sulfone groups is 1. The number of nitrogens with zero attached hydrogens (tertiary/aromatic N) is 1. The van der Waals surface area contributed by atoms with Gasteiger partial charge < -0.3 is 16.3 Å². The van der Waals surface area contributed by atoms with Gasteiger partial charge in [-0.1, -0.05) is 23.4 Å². The molecule has 4 N–H and O–H groups in total. The van der Waals surface area contributed by atoms with Gasteiger partial charge in [0.1, 0.15) is 0 Å². The zero-order valence-electron chi connectivity index (χ0n) is 11.3. The topological polar surface area (TPSA) is 122 Å². The molecule has 0 saturated carbocycles. The molecule has 1 saturated heterocycles. The fraction of sp³-hybridized carbons (Fsp3) is 0.385. The van der Waals surface area contributed by atoms with E-state index in [-0.39, 0.29) is 29.8 Å². The predicted octanol–water partition coefficient (Wildman–Crippen LogP) is -0.168. The van der Waals surface area contributed by atoms with Crippen molar-refractivity contribution in [1.29, 1.82) is 0 Å². The van der Waals surface area contributed by atoms with E-state index in [0.29, 0.717) is 12.0 Å². The molecular formula is C13H17N3O4S. The summed E-state index contributed by atoms with van der Waals surface area (Å²) in [4.78, 5) is 11.9. The normalized spacial score (nSPS) is 21.1. The Morgan fingerprint density at radius 3 is 2.86 bits per heavy atom. The summed E-state index contributed by atoms with van der Waals surface area (Å²) >= 11 is 0. The second-order valence-corrected chi connectivity index (χ2v) is 7.23. The first kappa shape index (κ1) is 15.3. The zero-order chi connectivity index (χ0) is 15.5. The summed E-state index contributed by atoms with van der Waals surface area (Å²) in [7, 11) is -3.07. The first-order valence-electron chi connectivity index (χ1n) is 6.46. The van der Waals surface area contributed by atoms with Crippen LogP contribution in [0, 0.1) is 5.92 Å². The largest absolute Gasteiger partial charge is 0.409 e. The van der Waals surface area contributed by atoms with Crippen molar-refractivity contribution in [2.75, 3.05) is 11.5 Å². The third-order valence-electron chi connectivity index (χ3n) is 3.40. The van der Waals surface area contributed by atoms with Crippen LogP contribution >= 0.6 is 0 Å². The van der Waals surface area contributed by atoms with Crippen LogP contribution in [-0.4, -0.2) is 36.9 Å². The zero-order valence-corrected chi connectivity index (χ0v) is 12.1. The molecule has 0 spiro atoms. The molecule has 1 amide bonds. The molecule has 114 valence electrons. The van der Waals surface area contributed by atoms with Crippen molar-refractivity contribution in [1.82, 2.24) is 5.32 Å². The Morgan fingerprint density at radius 1 is 1.48 bits per heavy atom. The maximum Gasteiger partial charge on any atom is 0.224 e. The molecule has 8 heteroatoms. The van der Waals surface area contributed by atoms with Crippen molar-refractivity contribution in [3.05, 3.63) is 35.4 Å². The third-order valence-corrected chi connectivity index (χ3v) is 5.17. The summed E-state index contributed by atoms with van der Waals surface area (Å²) in [6, 6.07) is 6.90. The second kappa shape index (κ2) is 6.13. The molecule has 1 fully saturated rings. The Kier molecular flexibility index (Phi) is 4.46. The predicted molar refractivity (Wildman–Crippen MR) is 77.6 cm³/mol. The number of carbonyl (C=O) groups excluding carboxylic acids is 1. The maximum absolute atomic E-state index is 11.9. The van der Waals surface area contributed by atoms with E-state index in [2.05, 4.69) is 10.5 Å². The lowest BCUT2D eigenvalue weighted by molar-refractivity contribution is -0.124. The highest BCUT2D eigenvalue weighted by Crippen LogP contribution is 2.18. The van der Waals surface area contributed by atoms with Crippen molar-refractivity contribution in [2.24, 2.45) is 16.8 Å². The van der Waals surface area contributed by atoms with Gasteiger partial charge in [0.15, 0.2) is 15.7 Å². The van der Waals surface area contributed by atoms with E-state index in [9.17, 15) is 13.2 Å². The maximum atomic E-state index is 11.9. The van der Waals surface area contributed by atoms with Gasteiger partial charge in [-0.25, -0.2) is 8.42 Å². The average Bonchev–Trinajstić information content (AvgIpc) is 2.84. The Bertz CT molecular complexity index is 670. The third kappa shape index (κ3) is 3.94. The lowest BCUT2D eigenvalue weighted by Crippen LogP contribution is -2.31. The van der Waals surface area contributed by atoms with E-state index < -0.39 is 15.8 Å². The number of carbonyl (C=O) groups is 1. The number of oxime groups is 1. The molecule has 0 bridgehead atoms. The SMILES string of the molecule is NC(=NO)c1cccc(CNC(=O)C2CCS(=O)(=O)C2)c1. The van der Waals surface area contributed by atoms with E-state index in [0.717, 1.165) is 5.56 Å². The van der Waals surface area contributed by atoms with Gasteiger partial charge in [0.05, 0.1) is 17.4 Å². The summed E-state index contributed by atoms with van der Waals surface area (Å²) in [5, 5.41) is 14.3. The van der Waals surface area contributed by atoms with Crippen LogP contribution in [0.3, 0.4) is 0 Å². The minimum absolute atomic E-state index is 0.00920. The number of nitrogens with one attached hydrogen (secondary N) is 1. The van der Waals surface area contributed by atoms with Gasteiger partial charge in [-0.3, -0.25) is 4.79 Å². The van der Waals surface area contributed by atoms with E-state index in [1.165, 1.54) is 0 Å². The average molecular weight is 311 g/mol. The van der Waals surface area contributed by atoms with E-state index in [1.54, 1.807) is 24.3 Å². The first-order chi connectivity index (χ1) is 9.91. The smallest absolute Gasteiger partial charge is 0.224 e. The molecule has 21 heavy (non-hydrogen) atoms. The number of amides is 1. The molecule has 1 aromatic rings. The Morgan fingerprint density at radius 2 is 2.24 bits per heavy atom. The van der Waals surface area contributed by atoms with Crippen molar-refractivity contribution in [3.63, 3.8) is 0 Å². The van der Waals surface area contributed by atoms with Crippen molar-refractivity contribution in [3.8, 4) is 0 Å². The van der Waals surface area contributed by atoms with Crippen molar-refractivity contribution >= 4 is 21.6 Å². The molecular weight excluding hydrogens is 294 g/mol. The minimum atomic E-state index is -3.07. The molecule has 1 atom stereocenters. The lowest BCUT2D eigenvalue weighted by atomic mass is 10.1. The van der Waals surface area contributed by atoms with Crippen LogP contribution in [0.2, 0.25) is 0 Å². The van der Waals surface area contributed by atoms with Gasteiger partial charge in [-0.2, -0.15) is 0 Å². The highest BCUT2D eigenvalue weighted by molar-refractivity contribution is 7.91. The fourth-order valence-corrected chi connectivity index (χ4v) is 3.98. The van der Waals surface area contributed by atoms with Gasteiger partial charge >= 0.3 is 0 Å². The molecule has 1 heterocycles. The van der Waals surface area contributed by atoms with Crippen LogP contribution in [0.4, 0.5) is 0 Å². The summed E-state index contributed by atoms with van der Waals surface area (Å²) in [5.74, 6) is -0.745. The van der Waals surface area contributed by atoms with E-state index >= 15 is 0 Å². The second-order valence-electron chi connectivity index (χ2n) is 5.00. The number of nitrogens with two attached hydrogens (primary N) is 1. The highest BCUT2D eigenvalue weighted by Gasteiger charge is 2.32. The molecule has 1 aliphatic rings. The van der Waals surface area contributed by atoms with Gasteiger partial charge in [-0.05, 0) is 18.1 Å². The number of amidine groups is 1. The van der Waals surface area contributed by atoms with Crippen LogP contribution in [0.15, 0.2) is 29.4 Å². The summed E-state index contributed by atoms with van der Waals surface area (Å²) in [6.07, 6.45) is 0.373. The molecule has 2 rings (SSSR count). The summed E-state index contributed by atoms with van der Waals surface area (Å²) in [6.45, 7) is 0.266. The monoisotopic (exact) mass is 311 g/mol. The van der Waals surface area contributed by atoms with Crippen molar-refractivity contribution in [2.45, 2.75) is 13.0 Å². The molecule has 0 radical (unpaired) electrons. The molecule has 1 aliphatic heterocycles. The Labute approximate surface area is 122 Å². The fourth-order valence-electron chi connectivity index (χ4n) is 2.23.